The summed E-state index contributed by atoms with van der Waals surface area (Å²) in [7, 11) is -4.09. The molecule has 2 N–H and O–H groups in total. The molecule has 0 radical (unpaired) electrons. The summed E-state index contributed by atoms with van der Waals surface area (Å²) in [6.07, 6.45) is -0.347. The zero-order valence-electron chi connectivity index (χ0n) is 13.5. The van der Waals surface area contributed by atoms with Crippen molar-refractivity contribution in [3.05, 3.63) is 64.2 Å². The van der Waals surface area contributed by atoms with Gasteiger partial charge in [0.25, 0.3) is 0 Å². The van der Waals surface area contributed by atoms with Gasteiger partial charge in [-0.05, 0) is 38.1 Å². The van der Waals surface area contributed by atoms with Crippen LogP contribution < -0.4 is 5.14 Å². The Morgan fingerprint density at radius 1 is 1.08 bits per heavy atom. The molecule has 8 heteroatoms. The first-order chi connectivity index (χ1) is 11.6. The monoisotopic (exact) mass is 381 g/mol. The molecular formula is C17H16ClNO5S. The number of ether oxygens (including phenoxy) is 1. The molecule has 132 valence electrons. The molecule has 0 saturated carbocycles. The molecule has 0 heterocycles. The average molecular weight is 382 g/mol. The Labute approximate surface area is 150 Å². The number of sulfonamides is 1. The molecule has 25 heavy (non-hydrogen) atoms. The lowest BCUT2D eigenvalue weighted by molar-refractivity contribution is 0.0375. The summed E-state index contributed by atoms with van der Waals surface area (Å²) in [6.45, 7) is 3.39. The number of hydrogen-bond donors (Lipinski definition) is 1. The molecule has 0 aliphatic carbocycles. The maximum atomic E-state index is 12.8. The van der Waals surface area contributed by atoms with Crippen molar-refractivity contribution in [1.29, 1.82) is 0 Å². The molecule has 0 unspecified atom stereocenters. The van der Waals surface area contributed by atoms with Crippen LogP contribution >= 0.6 is 11.6 Å². The molecular weight excluding hydrogens is 366 g/mol. The van der Waals surface area contributed by atoms with Gasteiger partial charge in [-0.3, -0.25) is 4.79 Å². The largest absolute Gasteiger partial charge is 0.459 e. The number of carbonyl (C=O) groups excluding carboxylic acids is 2. The molecule has 0 atom stereocenters. The molecule has 2 aromatic carbocycles. The third kappa shape index (κ3) is 4.45. The quantitative estimate of drug-likeness (QED) is 0.633. The van der Waals surface area contributed by atoms with Crippen molar-refractivity contribution in [2.75, 3.05) is 0 Å². The van der Waals surface area contributed by atoms with E-state index in [4.69, 9.17) is 21.5 Å². The summed E-state index contributed by atoms with van der Waals surface area (Å²) in [4.78, 5) is 24.6. The summed E-state index contributed by atoms with van der Waals surface area (Å²) in [5, 5.41) is 5.01. The van der Waals surface area contributed by atoms with Crippen molar-refractivity contribution in [3.8, 4) is 0 Å². The van der Waals surface area contributed by atoms with E-state index in [1.54, 1.807) is 26.0 Å². The Kier molecular flexibility index (Phi) is 5.62. The van der Waals surface area contributed by atoms with E-state index in [0.717, 1.165) is 6.07 Å². The van der Waals surface area contributed by atoms with Crippen molar-refractivity contribution in [2.45, 2.75) is 24.8 Å². The number of primary sulfonamides is 1. The number of hydrogen-bond acceptors (Lipinski definition) is 5. The molecule has 0 aromatic heterocycles. The lowest BCUT2D eigenvalue weighted by Gasteiger charge is -2.12. The van der Waals surface area contributed by atoms with Gasteiger partial charge in [0.2, 0.25) is 10.0 Å². The normalized spacial score (nSPS) is 11.4. The number of rotatable bonds is 5. The number of nitrogens with two attached hydrogens (primary N) is 1. The summed E-state index contributed by atoms with van der Waals surface area (Å²) in [5.74, 6) is -1.18. The second-order valence-corrected chi connectivity index (χ2v) is 7.46. The van der Waals surface area contributed by atoms with Gasteiger partial charge in [0.1, 0.15) is 4.90 Å². The summed E-state index contributed by atoms with van der Waals surface area (Å²) in [6, 6.07) is 9.85. The first-order valence-electron chi connectivity index (χ1n) is 7.28. The van der Waals surface area contributed by atoms with E-state index >= 15 is 0 Å². The minimum atomic E-state index is -4.09. The van der Waals surface area contributed by atoms with E-state index in [9.17, 15) is 18.0 Å². The number of halogens is 1. The average Bonchev–Trinajstić information content (AvgIpc) is 2.53. The summed E-state index contributed by atoms with van der Waals surface area (Å²) < 4.78 is 28.3. The van der Waals surface area contributed by atoms with Crippen LogP contribution in [0.3, 0.4) is 0 Å². The van der Waals surface area contributed by atoms with Crippen LogP contribution in [0.5, 0.6) is 0 Å². The van der Waals surface area contributed by atoms with E-state index in [2.05, 4.69) is 0 Å². The molecule has 0 saturated heterocycles. The molecule has 0 amide bonds. The van der Waals surface area contributed by atoms with E-state index < -0.39 is 21.8 Å². The van der Waals surface area contributed by atoms with E-state index in [1.165, 1.54) is 24.3 Å². The van der Waals surface area contributed by atoms with Crippen LogP contribution in [0.15, 0.2) is 47.4 Å². The van der Waals surface area contributed by atoms with Crippen LogP contribution in [0.4, 0.5) is 0 Å². The van der Waals surface area contributed by atoms with E-state index in [-0.39, 0.29) is 32.7 Å². The number of carbonyl (C=O) groups is 2. The van der Waals surface area contributed by atoms with Crippen LogP contribution in [0.2, 0.25) is 5.02 Å². The Hall–Kier alpha value is -2.22. The standard InChI is InChI=1S/C17H16ClNO5S/c1-10(2)24-17(21)13-6-4-3-5-12(13)16(20)11-7-8-14(18)15(9-11)25(19,22)23/h3-10H,1-2H3,(H2,19,22,23). The fourth-order valence-electron chi connectivity index (χ4n) is 2.15. The second-order valence-electron chi connectivity index (χ2n) is 5.52. The van der Waals surface area contributed by atoms with Gasteiger partial charge in [-0.2, -0.15) is 0 Å². The molecule has 0 aliphatic rings. The zero-order chi connectivity index (χ0) is 18.8. The molecule has 0 aliphatic heterocycles. The smallest absolute Gasteiger partial charge is 0.339 e. The van der Waals surface area contributed by atoms with Gasteiger partial charge >= 0.3 is 5.97 Å². The van der Waals surface area contributed by atoms with Crippen LogP contribution in [0.1, 0.15) is 40.1 Å². The third-order valence-corrected chi connectivity index (χ3v) is 4.63. The maximum absolute atomic E-state index is 12.8. The van der Waals surface area contributed by atoms with Crippen LogP contribution in [0, 0.1) is 0 Å². The van der Waals surface area contributed by atoms with Crippen LogP contribution in [0.25, 0.3) is 0 Å². The van der Waals surface area contributed by atoms with Crippen molar-refractivity contribution in [1.82, 2.24) is 0 Å². The predicted octanol–water partition coefficient (Wildman–Crippen LogP) is 2.78. The molecule has 6 nitrogen and oxygen atoms in total. The van der Waals surface area contributed by atoms with Crippen LogP contribution in [-0.2, 0) is 14.8 Å². The minimum Gasteiger partial charge on any atom is -0.459 e. The highest BCUT2D eigenvalue weighted by Gasteiger charge is 2.22. The first kappa shape index (κ1) is 19.1. The lowest BCUT2D eigenvalue weighted by atomic mass is 9.98. The van der Waals surface area contributed by atoms with Gasteiger partial charge in [0, 0.05) is 11.1 Å². The van der Waals surface area contributed by atoms with Crippen molar-refractivity contribution in [3.63, 3.8) is 0 Å². The lowest BCUT2D eigenvalue weighted by Crippen LogP contribution is -2.17. The highest BCUT2D eigenvalue weighted by atomic mass is 35.5. The highest BCUT2D eigenvalue weighted by molar-refractivity contribution is 7.89. The van der Waals surface area contributed by atoms with Gasteiger partial charge in [0.15, 0.2) is 5.78 Å². The van der Waals surface area contributed by atoms with Gasteiger partial charge in [-0.1, -0.05) is 29.8 Å². The second kappa shape index (κ2) is 7.35. The van der Waals surface area contributed by atoms with Crippen molar-refractivity contribution >= 4 is 33.4 Å². The molecule has 0 fully saturated rings. The molecule has 0 bridgehead atoms. The Bertz CT molecular complexity index is 938. The SMILES string of the molecule is CC(C)OC(=O)c1ccccc1C(=O)c1ccc(Cl)c(S(N)(=O)=O)c1. The van der Waals surface area contributed by atoms with E-state index in [0.29, 0.717) is 0 Å². The molecule has 2 aromatic rings. The van der Waals surface area contributed by atoms with Gasteiger partial charge in [0.05, 0.1) is 16.7 Å². The third-order valence-electron chi connectivity index (χ3n) is 3.23. The zero-order valence-corrected chi connectivity index (χ0v) is 15.1. The minimum absolute atomic E-state index is 0.0400. The molecule has 0 spiro atoms. The maximum Gasteiger partial charge on any atom is 0.339 e. The van der Waals surface area contributed by atoms with Gasteiger partial charge in [-0.15, -0.1) is 0 Å². The Balaban J connectivity index is 2.51. The predicted molar refractivity (Wildman–Crippen MR) is 93.3 cm³/mol. The first-order valence-corrected chi connectivity index (χ1v) is 9.20. The highest BCUT2D eigenvalue weighted by Crippen LogP contribution is 2.24. The number of ketones is 1. The fourth-order valence-corrected chi connectivity index (χ4v) is 3.23. The van der Waals surface area contributed by atoms with Crippen LogP contribution in [-0.4, -0.2) is 26.3 Å². The topological polar surface area (TPSA) is 104 Å². The van der Waals surface area contributed by atoms with E-state index in [1.807, 2.05) is 0 Å². The Morgan fingerprint density at radius 3 is 2.24 bits per heavy atom. The fraction of sp³-hybridized carbons (Fsp3) is 0.176. The van der Waals surface area contributed by atoms with Gasteiger partial charge in [-0.25, -0.2) is 18.4 Å². The Morgan fingerprint density at radius 2 is 1.68 bits per heavy atom. The molecule has 2 rings (SSSR count). The summed E-state index contributed by atoms with van der Waals surface area (Å²) >= 11 is 5.83. The van der Waals surface area contributed by atoms with Crippen molar-refractivity contribution in [2.24, 2.45) is 5.14 Å². The number of benzene rings is 2. The summed E-state index contributed by atoms with van der Waals surface area (Å²) in [5.41, 5.74) is 0.224. The van der Waals surface area contributed by atoms with Crippen molar-refractivity contribution < 1.29 is 22.7 Å². The van der Waals surface area contributed by atoms with Gasteiger partial charge < -0.3 is 4.74 Å². The number of esters is 1.